The van der Waals surface area contributed by atoms with Gasteiger partial charge < -0.3 is 4.98 Å². The number of H-pyrrole nitrogens is 1. The largest absolute Gasteiger partial charge is 0.358 e. The topological polar surface area (TPSA) is 49.9 Å². The van der Waals surface area contributed by atoms with Gasteiger partial charge in [-0.2, -0.15) is 0 Å². The summed E-state index contributed by atoms with van der Waals surface area (Å²) in [5.74, 6) is -0.441. The van der Waals surface area contributed by atoms with Gasteiger partial charge in [0.1, 0.15) is 5.82 Å². The summed E-state index contributed by atoms with van der Waals surface area (Å²) in [4.78, 5) is 2.74. The van der Waals surface area contributed by atoms with Crippen LogP contribution in [-0.2, 0) is 15.6 Å². The number of aromatic nitrogens is 1. The van der Waals surface area contributed by atoms with Gasteiger partial charge in [0.15, 0.2) is 9.84 Å². The van der Waals surface area contributed by atoms with Crippen LogP contribution >= 0.6 is 0 Å². The van der Waals surface area contributed by atoms with Crippen molar-refractivity contribution in [2.45, 2.75) is 5.75 Å². The molecule has 0 aliphatic carbocycles. The van der Waals surface area contributed by atoms with Gasteiger partial charge in [0, 0.05) is 17.8 Å². The Hall–Kier alpha value is -1.36. The summed E-state index contributed by atoms with van der Waals surface area (Å²) in [6.07, 6.45) is 2.69. The summed E-state index contributed by atoms with van der Waals surface area (Å²) in [7, 11) is -3.09. The predicted octanol–water partition coefficient (Wildman–Crippen LogP) is 1.85. The number of nitrogens with one attached hydrogen (secondary N) is 1. The van der Waals surface area contributed by atoms with Crippen LogP contribution in [0.15, 0.2) is 24.4 Å². The molecule has 3 nitrogen and oxygen atoms in total. The molecule has 0 aliphatic rings. The molecule has 0 spiro atoms. The molecule has 0 aliphatic heterocycles. The van der Waals surface area contributed by atoms with Gasteiger partial charge in [0.25, 0.3) is 0 Å². The highest BCUT2D eigenvalue weighted by atomic mass is 32.2. The lowest BCUT2D eigenvalue weighted by Gasteiger charge is -1.97. The SMILES string of the molecule is CS(=O)(=O)Cc1c[nH]c2c(F)cccc12. The molecule has 1 aromatic heterocycles. The molecule has 0 radical (unpaired) electrons. The van der Waals surface area contributed by atoms with Crippen LogP contribution < -0.4 is 0 Å². The molecule has 1 heterocycles. The molecule has 5 heteroatoms. The Labute approximate surface area is 86.8 Å². The van der Waals surface area contributed by atoms with E-state index in [2.05, 4.69) is 4.98 Å². The molecule has 2 aromatic rings. The van der Waals surface area contributed by atoms with Crippen molar-refractivity contribution in [1.29, 1.82) is 0 Å². The van der Waals surface area contributed by atoms with Gasteiger partial charge in [-0.15, -0.1) is 0 Å². The normalized spacial score (nSPS) is 12.1. The summed E-state index contributed by atoms with van der Waals surface area (Å²) in [5.41, 5.74) is 0.961. The first kappa shape index (κ1) is 10.2. The molecule has 0 atom stereocenters. The lowest BCUT2D eigenvalue weighted by atomic mass is 10.2. The van der Waals surface area contributed by atoms with E-state index in [1.807, 2.05) is 0 Å². The molecule has 0 amide bonds. The Kier molecular flexibility index (Phi) is 2.26. The average Bonchev–Trinajstić information content (AvgIpc) is 2.48. The van der Waals surface area contributed by atoms with E-state index in [-0.39, 0.29) is 11.6 Å². The maximum Gasteiger partial charge on any atom is 0.151 e. The number of fused-ring (bicyclic) bond motifs is 1. The van der Waals surface area contributed by atoms with Crippen LogP contribution in [0.5, 0.6) is 0 Å². The van der Waals surface area contributed by atoms with Crippen LogP contribution in [0.1, 0.15) is 5.56 Å². The Morgan fingerprint density at radius 1 is 1.40 bits per heavy atom. The molecule has 0 bridgehead atoms. The third-order valence-corrected chi connectivity index (χ3v) is 3.00. The van der Waals surface area contributed by atoms with Crippen molar-refractivity contribution in [3.63, 3.8) is 0 Å². The van der Waals surface area contributed by atoms with Crippen molar-refractivity contribution < 1.29 is 12.8 Å². The van der Waals surface area contributed by atoms with Crippen molar-refractivity contribution in [2.75, 3.05) is 6.26 Å². The minimum absolute atomic E-state index is 0.0730. The van der Waals surface area contributed by atoms with Crippen LogP contribution in [0.2, 0.25) is 0 Å². The molecular weight excluding hydrogens is 217 g/mol. The van der Waals surface area contributed by atoms with E-state index in [1.54, 1.807) is 12.1 Å². The summed E-state index contributed by atoms with van der Waals surface area (Å²) in [5, 5.41) is 0.625. The van der Waals surface area contributed by atoms with Crippen LogP contribution in [-0.4, -0.2) is 19.7 Å². The van der Waals surface area contributed by atoms with E-state index in [9.17, 15) is 12.8 Å². The number of sulfone groups is 1. The van der Waals surface area contributed by atoms with E-state index in [0.717, 1.165) is 6.26 Å². The van der Waals surface area contributed by atoms with Gasteiger partial charge in [0.2, 0.25) is 0 Å². The number of halogens is 1. The fourth-order valence-corrected chi connectivity index (χ4v) is 2.38. The third-order valence-electron chi connectivity index (χ3n) is 2.17. The molecule has 0 fully saturated rings. The number of hydrogen-bond acceptors (Lipinski definition) is 2. The maximum atomic E-state index is 13.3. The Bertz CT molecular complexity index is 601. The fraction of sp³-hybridized carbons (Fsp3) is 0.200. The zero-order chi connectivity index (χ0) is 11.1. The zero-order valence-electron chi connectivity index (χ0n) is 8.12. The minimum Gasteiger partial charge on any atom is -0.358 e. The Morgan fingerprint density at radius 2 is 2.13 bits per heavy atom. The second kappa shape index (κ2) is 3.34. The lowest BCUT2D eigenvalue weighted by Crippen LogP contribution is -1.99. The molecule has 2 rings (SSSR count). The number of hydrogen-bond donors (Lipinski definition) is 1. The minimum atomic E-state index is -3.09. The van der Waals surface area contributed by atoms with Crippen molar-refractivity contribution in [2.24, 2.45) is 0 Å². The molecule has 15 heavy (non-hydrogen) atoms. The summed E-state index contributed by atoms with van der Waals surface area (Å²) >= 11 is 0. The molecule has 0 saturated heterocycles. The van der Waals surface area contributed by atoms with E-state index < -0.39 is 9.84 Å². The molecule has 0 unspecified atom stereocenters. The Balaban J connectivity index is 2.60. The molecule has 0 saturated carbocycles. The summed E-state index contributed by atoms with van der Waals surface area (Å²) < 4.78 is 35.5. The summed E-state index contributed by atoms with van der Waals surface area (Å²) in [6, 6.07) is 4.61. The molecule has 1 aromatic carbocycles. The highest BCUT2D eigenvalue weighted by Crippen LogP contribution is 2.21. The standard InChI is InChI=1S/C10H10FNO2S/c1-15(13,14)6-7-5-12-10-8(7)3-2-4-9(10)11/h2-5,12H,6H2,1H3. The van der Waals surface area contributed by atoms with Gasteiger partial charge in [-0.3, -0.25) is 0 Å². The Morgan fingerprint density at radius 3 is 2.80 bits per heavy atom. The van der Waals surface area contributed by atoms with Gasteiger partial charge in [-0.25, -0.2) is 12.8 Å². The van der Waals surface area contributed by atoms with Gasteiger partial charge in [-0.05, 0) is 11.6 Å². The second-order valence-electron chi connectivity index (χ2n) is 3.55. The third kappa shape index (κ3) is 2.02. The van der Waals surface area contributed by atoms with Crippen LogP contribution in [0, 0.1) is 5.82 Å². The molecular formula is C10H10FNO2S. The van der Waals surface area contributed by atoms with E-state index in [1.165, 1.54) is 12.3 Å². The van der Waals surface area contributed by atoms with Gasteiger partial charge in [-0.1, -0.05) is 12.1 Å². The highest BCUT2D eigenvalue weighted by molar-refractivity contribution is 7.89. The lowest BCUT2D eigenvalue weighted by molar-refractivity contribution is 0.601. The second-order valence-corrected chi connectivity index (χ2v) is 5.69. The van der Waals surface area contributed by atoms with Crippen LogP contribution in [0.3, 0.4) is 0 Å². The van der Waals surface area contributed by atoms with Crippen molar-refractivity contribution in [1.82, 2.24) is 4.98 Å². The maximum absolute atomic E-state index is 13.3. The van der Waals surface area contributed by atoms with Crippen LogP contribution in [0.25, 0.3) is 10.9 Å². The van der Waals surface area contributed by atoms with Crippen molar-refractivity contribution in [3.8, 4) is 0 Å². The highest BCUT2D eigenvalue weighted by Gasteiger charge is 2.11. The number of aromatic amines is 1. The predicted molar refractivity (Wildman–Crippen MR) is 56.8 cm³/mol. The zero-order valence-corrected chi connectivity index (χ0v) is 8.94. The van der Waals surface area contributed by atoms with Gasteiger partial charge >= 0.3 is 0 Å². The first-order chi connectivity index (χ1) is 6.97. The van der Waals surface area contributed by atoms with Crippen molar-refractivity contribution >= 4 is 20.7 Å². The van der Waals surface area contributed by atoms with Gasteiger partial charge in [0.05, 0.1) is 11.3 Å². The van der Waals surface area contributed by atoms with E-state index in [4.69, 9.17) is 0 Å². The monoisotopic (exact) mass is 227 g/mol. The quantitative estimate of drug-likeness (QED) is 0.851. The number of benzene rings is 1. The number of rotatable bonds is 2. The fourth-order valence-electron chi connectivity index (χ4n) is 1.58. The van der Waals surface area contributed by atoms with E-state index in [0.29, 0.717) is 16.5 Å². The summed E-state index contributed by atoms with van der Waals surface area (Å²) in [6.45, 7) is 0. The molecule has 80 valence electrons. The first-order valence-electron chi connectivity index (χ1n) is 4.39. The first-order valence-corrected chi connectivity index (χ1v) is 6.45. The average molecular weight is 227 g/mol. The van der Waals surface area contributed by atoms with Crippen LogP contribution in [0.4, 0.5) is 4.39 Å². The van der Waals surface area contributed by atoms with E-state index >= 15 is 0 Å². The molecule has 1 N–H and O–H groups in total. The van der Waals surface area contributed by atoms with Crippen molar-refractivity contribution in [3.05, 3.63) is 35.8 Å². The number of para-hydroxylation sites is 1. The smallest absolute Gasteiger partial charge is 0.151 e.